The van der Waals surface area contributed by atoms with Crippen LogP contribution in [0, 0.1) is 12.8 Å². The summed E-state index contributed by atoms with van der Waals surface area (Å²) in [6.45, 7) is 4.42. The quantitative estimate of drug-likeness (QED) is 0.860. The van der Waals surface area contributed by atoms with Crippen LogP contribution < -0.4 is 5.32 Å². The van der Waals surface area contributed by atoms with Crippen LogP contribution in [-0.4, -0.2) is 6.04 Å². The van der Waals surface area contributed by atoms with E-state index in [2.05, 4.69) is 53.3 Å². The van der Waals surface area contributed by atoms with Crippen molar-refractivity contribution in [2.45, 2.75) is 32.7 Å². The van der Waals surface area contributed by atoms with E-state index >= 15 is 0 Å². The molecule has 1 atom stereocenters. The standard InChI is InChI=1S/C12H16BrN/c1-8-11(13)4-3-5-12(8)14-9(2)10-6-7-10/h3-5,9-10,14H,6-7H2,1-2H3. The van der Waals surface area contributed by atoms with Gasteiger partial charge < -0.3 is 5.32 Å². The Morgan fingerprint density at radius 1 is 1.43 bits per heavy atom. The first-order chi connectivity index (χ1) is 6.68. The lowest BCUT2D eigenvalue weighted by Gasteiger charge is -2.16. The zero-order valence-corrected chi connectivity index (χ0v) is 10.3. The Labute approximate surface area is 94.0 Å². The van der Waals surface area contributed by atoms with Crippen molar-refractivity contribution in [3.63, 3.8) is 0 Å². The Bertz CT molecular complexity index is 331. The van der Waals surface area contributed by atoms with Crippen molar-refractivity contribution < 1.29 is 0 Å². The summed E-state index contributed by atoms with van der Waals surface area (Å²) in [4.78, 5) is 0. The SMILES string of the molecule is Cc1c(Br)cccc1NC(C)C1CC1. The first-order valence-corrected chi connectivity index (χ1v) is 5.99. The van der Waals surface area contributed by atoms with Crippen LogP contribution in [0.25, 0.3) is 0 Å². The zero-order chi connectivity index (χ0) is 10.1. The van der Waals surface area contributed by atoms with Crippen molar-refractivity contribution in [2.24, 2.45) is 5.92 Å². The van der Waals surface area contributed by atoms with Crippen molar-refractivity contribution in [1.29, 1.82) is 0 Å². The Morgan fingerprint density at radius 3 is 2.79 bits per heavy atom. The van der Waals surface area contributed by atoms with E-state index in [-0.39, 0.29) is 0 Å². The van der Waals surface area contributed by atoms with Gasteiger partial charge in [-0.25, -0.2) is 0 Å². The number of hydrogen-bond acceptors (Lipinski definition) is 1. The highest BCUT2D eigenvalue weighted by atomic mass is 79.9. The predicted molar refractivity (Wildman–Crippen MR) is 64.7 cm³/mol. The van der Waals surface area contributed by atoms with E-state index in [9.17, 15) is 0 Å². The maximum absolute atomic E-state index is 3.58. The Kier molecular flexibility index (Phi) is 2.82. The molecule has 0 aromatic heterocycles. The summed E-state index contributed by atoms with van der Waals surface area (Å²) < 4.78 is 1.19. The molecule has 0 aliphatic heterocycles. The molecule has 2 heteroatoms. The summed E-state index contributed by atoms with van der Waals surface area (Å²) in [6, 6.07) is 6.93. The molecule has 1 N–H and O–H groups in total. The van der Waals surface area contributed by atoms with E-state index < -0.39 is 0 Å². The molecule has 0 radical (unpaired) electrons. The van der Waals surface area contributed by atoms with Crippen molar-refractivity contribution in [3.05, 3.63) is 28.2 Å². The number of rotatable bonds is 3. The third-order valence-electron chi connectivity index (χ3n) is 2.98. The minimum absolute atomic E-state index is 0.614. The number of hydrogen-bond donors (Lipinski definition) is 1. The highest BCUT2D eigenvalue weighted by Gasteiger charge is 2.27. The first kappa shape index (κ1) is 10.0. The van der Waals surface area contributed by atoms with Crippen molar-refractivity contribution in [2.75, 3.05) is 5.32 Å². The molecular formula is C12H16BrN. The molecule has 0 heterocycles. The Hall–Kier alpha value is -0.500. The molecule has 0 spiro atoms. The molecule has 1 aliphatic carbocycles. The average Bonchev–Trinajstić information content (AvgIpc) is 2.95. The van der Waals surface area contributed by atoms with Crippen LogP contribution in [0.3, 0.4) is 0 Å². The molecule has 0 saturated heterocycles. The summed E-state index contributed by atoms with van der Waals surface area (Å²) in [7, 11) is 0. The summed E-state index contributed by atoms with van der Waals surface area (Å²) in [5.41, 5.74) is 2.57. The highest BCUT2D eigenvalue weighted by molar-refractivity contribution is 9.10. The Morgan fingerprint density at radius 2 is 2.14 bits per heavy atom. The molecule has 1 aliphatic rings. The number of nitrogens with one attached hydrogen (secondary N) is 1. The normalized spacial score (nSPS) is 17.9. The Balaban J connectivity index is 2.11. The lowest BCUT2D eigenvalue weighted by Crippen LogP contribution is -2.17. The van der Waals surface area contributed by atoms with E-state index in [0.717, 1.165) is 5.92 Å². The molecule has 0 amide bonds. The van der Waals surface area contributed by atoms with Gasteiger partial charge in [0.2, 0.25) is 0 Å². The van der Waals surface area contributed by atoms with Gasteiger partial charge in [-0.1, -0.05) is 22.0 Å². The maximum Gasteiger partial charge on any atom is 0.0383 e. The second-order valence-electron chi connectivity index (χ2n) is 4.18. The molecule has 0 bridgehead atoms. The van der Waals surface area contributed by atoms with E-state index in [4.69, 9.17) is 0 Å². The monoisotopic (exact) mass is 253 g/mol. The molecule has 76 valence electrons. The van der Waals surface area contributed by atoms with Gasteiger partial charge in [0.05, 0.1) is 0 Å². The van der Waals surface area contributed by atoms with Crippen molar-refractivity contribution >= 4 is 21.6 Å². The molecule has 1 nitrogen and oxygen atoms in total. The highest BCUT2D eigenvalue weighted by Crippen LogP contribution is 2.35. The molecule has 2 rings (SSSR count). The van der Waals surface area contributed by atoms with Crippen molar-refractivity contribution in [1.82, 2.24) is 0 Å². The summed E-state index contributed by atoms with van der Waals surface area (Å²) in [6.07, 6.45) is 2.78. The summed E-state index contributed by atoms with van der Waals surface area (Å²) >= 11 is 3.55. The fourth-order valence-corrected chi connectivity index (χ4v) is 2.09. The predicted octanol–water partition coefficient (Wildman–Crippen LogP) is 3.97. The van der Waals surface area contributed by atoms with Gasteiger partial charge in [-0.15, -0.1) is 0 Å². The number of benzene rings is 1. The number of anilines is 1. The summed E-state index contributed by atoms with van der Waals surface area (Å²) in [5.74, 6) is 0.897. The molecule has 1 saturated carbocycles. The average molecular weight is 254 g/mol. The minimum Gasteiger partial charge on any atom is -0.382 e. The molecule has 1 fully saturated rings. The van der Waals surface area contributed by atoms with Crippen molar-refractivity contribution in [3.8, 4) is 0 Å². The van der Waals surface area contributed by atoms with Crippen LogP contribution in [0.5, 0.6) is 0 Å². The van der Waals surface area contributed by atoms with Gasteiger partial charge in [-0.3, -0.25) is 0 Å². The van der Waals surface area contributed by atoms with E-state index in [1.54, 1.807) is 0 Å². The second-order valence-corrected chi connectivity index (χ2v) is 5.04. The zero-order valence-electron chi connectivity index (χ0n) is 8.68. The molecule has 1 aromatic carbocycles. The van der Waals surface area contributed by atoms with Crippen LogP contribution in [0.15, 0.2) is 22.7 Å². The van der Waals surface area contributed by atoms with Gasteiger partial charge in [-0.05, 0) is 50.3 Å². The van der Waals surface area contributed by atoms with E-state index in [0.29, 0.717) is 6.04 Å². The third-order valence-corrected chi connectivity index (χ3v) is 3.84. The van der Waals surface area contributed by atoms with E-state index in [1.807, 2.05) is 0 Å². The lowest BCUT2D eigenvalue weighted by molar-refractivity contribution is 0.693. The first-order valence-electron chi connectivity index (χ1n) is 5.20. The van der Waals surface area contributed by atoms with Crippen LogP contribution in [0.2, 0.25) is 0 Å². The lowest BCUT2D eigenvalue weighted by atomic mass is 10.1. The fourth-order valence-electron chi connectivity index (χ4n) is 1.72. The van der Waals surface area contributed by atoms with Crippen LogP contribution in [0.1, 0.15) is 25.3 Å². The maximum atomic E-state index is 3.58. The molecule has 1 unspecified atom stereocenters. The van der Waals surface area contributed by atoms with Gasteiger partial charge in [0.1, 0.15) is 0 Å². The van der Waals surface area contributed by atoms with Crippen LogP contribution in [0.4, 0.5) is 5.69 Å². The fraction of sp³-hybridized carbons (Fsp3) is 0.500. The van der Waals surface area contributed by atoms with Gasteiger partial charge in [-0.2, -0.15) is 0 Å². The largest absolute Gasteiger partial charge is 0.382 e. The van der Waals surface area contributed by atoms with E-state index in [1.165, 1.54) is 28.6 Å². The molecule has 14 heavy (non-hydrogen) atoms. The smallest absolute Gasteiger partial charge is 0.0383 e. The third kappa shape index (κ3) is 2.11. The second kappa shape index (κ2) is 3.93. The minimum atomic E-state index is 0.614. The summed E-state index contributed by atoms with van der Waals surface area (Å²) in [5, 5.41) is 3.58. The molecule has 1 aromatic rings. The topological polar surface area (TPSA) is 12.0 Å². The number of halogens is 1. The van der Waals surface area contributed by atoms with Gasteiger partial charge >= 0.3 is 0 Å². The van der Waals surface area contributed by atoms with Gasteiger partial charge in [0, 0.05) is 16.2 Å². The van der Waals surface area contributed by atoms with Gasteiger partial charge in [0.15, 0.2) is 0 Å². The molecular weight excluding hydrogens is 238 g/mol. The van der Waals surface area contributed by atoms with Gasteiger partial charge in [0.25, 0.3) is 0 Å². The van der Waals surface area contributed by atoms with Crippen LogP contribution >= 0.6 is 15.9 Å². The van der Waals surface area contributed by atoms with Crippen LogP contribution in [-0.2, 0) is 0 Å².